The molecule has 0 unspecified atom stereocenters. The van der Waals surface area contributed by atoms with Gasteiger partial charge in [0.1, 0.15) is 0 Å². The van der Waals surface area contributed by atoms with Gasteiger partial charge in [0, 0.05) is 0 Å². The molecular formula is C8H20O3Ti. The Hall–Kier alpha value is 0.594. The quantitative estimate of drug-likeness (QED) is 0.398. The predicted molar refractivity (Wildman–Crippen MR) is 44.5 cm³/mol. The average Bonchev–Trinajstić information content (AvgIpc) is 1.81. The Bertz CT molecular complexity index is 39.3. The van der Waals surface area contributed by atoms with Gasteiger partial charge in [-0.05, 0) is 0 Å². The minimum atomic E-state index is 0. The topological polar surface area (TPSA) is 90.0 Å². The van der Waals surface area contributed by atoms with Crippen molar-refractivity contribution in [3.8, 4) is 0 Å². The van der Waals surface area contributed by atoms with Crippen molar-refractivity contribution >= 4 is 0 Å². The van der Waals surface area contributed by atoms with Crippen molar-refractivity contribution in [2.45, 2.75) is 45.4 Å². The van der Waals surface area contributed by atoms with E-state index in [1.807, 2.05) is 0 Å². The Kier molecular flexibility index (Phi) is 73.2. The molecule has 0 saturated heterocycles. The molecule has 3 N–H and O–H groups in total. The van der Waals surface area contributed by atoms with Gasteiger partial charge < -0.3 is 23.4 Å². The van der Waals surface area contributed by atoms with E-state index in [2.05, 4.69) is 13.8 Å². The SMILES string of the molecule is [CH2-]CCCCCCC.[OH-].[OH-].[OH-].[Ti+4]. The van der Waals surface area contributed by atoms with Gasteiger partial charge in [0.2, 0.25) is 0 Å². The largest absolute Gasteiger partial charge is 4.00 e. The van der Waals surface area contributed by atoms with Crippen LogP contribution in [0.2, 0.25) is 0 Å². The first-order valence-corrected chi connectivity index (χ1v) is 3.71. The molecule has 0 radical (unpaired) electrons. The Morgan fingerprint density at radius 3 is 1.58 bits per heavy atom. The monoisotopic (exact) mass is 212 g/mol. The maximum atomic E-state index is 3.78. The van der Waals surface area contributed by atoms with Gasteiger partial charge in [-0.3, -0.25) is 0 Å². The van der Waals surface area contributed by atoms with Crippen molar-refractivity contribution in [3.05, 3.63) is 6.92 Å². The zero-order chi connectivity index (χ0) is 6.24. The Morgan fingerprint density at radius 2 is 1.25 bits per heavy atom. The molecule has 0 aromatic rings. The third-order valence-electron chi connectivity index (χ3n) is 1.35. The first-order chi connectivity index (χ1) is 3.91. The van der Waals surface area contributed by atoms with Crippen LogP contribution in [0.15, 0.2) is 0 Å². The fraction of sp³-hybridized carbons (Fsp3) is 0.875. The number of hydrogen-bond acceptors (Lipinski definition) is 3. The Balaban J connectivity index is -0.0000000408. The van der Waals surface area contributed by atoms with E-state index in [1.54, 1.807) is 0 Å². The summed E-state index contributed by atoms with van der Waals surface area (Å²) in [4.78, 5) is 0. The van der Waals surface area contributed by atoms with Gasteiger partial charge in [-0.1, -0.05) is 39.0 Å². The van der Waals surface area contributed by atoms with Crippen molar-refractivity contribution in [2.24, 2.45) is 0 Å². The van der Waals surface area contributed by atoms with Gasteiger partial charge in [0.05, 0.1) is 0 Å². The maximum absolute atomic E-state index is 3.78. The summed E-state index contributed by atoms with van der Waals surface area (Å²) in [6.07, 6.45) is 7.98. The average molecular weight is 212 g/mol. The third kappa shape index (κ3) is 31.2. The van der Waals surface area contributed by atoms with Crippen LogP contribution in [0, 0.1) is 6.92 Å². The van der Waals surface area contributed by atoms with E-state index in [9.17, 15) is 0 Å². The molecule has 0 aliphatic rings. The molecule has 0 saturated carbocycles. The van der Waals surface area contributed by atoms with E-state index >= 15 is 0 Å². The van der Waals surface area contributed by atoms with E-state index in [0.717, 1.165) is 6.42 Å². The van der Waals surface area contributed by atoms with E-state index in [0.29, 0.717) is 0 Å². The molecule has 0 bridgehead atoms. The van der Waals surface area contributed by atoms with Crippen LogP contribution in [0.25, 0.3) is 0 Å². The van der Waals surface area contributed by atoms with Crippen molar-refractivity contribution in [2.75, 3.05) is 0 Å². The zero-order valence-corrected chi connectivity index (χ0v) is 9.35. The summed E-state index contributed by atoms with van der Waals surface area (Å²) < 4.78 is 0. The van der Waals surface area contributed by atoms with Gasteiger partial charge in [-0.2, -0.15) is 6.42 Å². The van der Waals surface area contributed by atoms with Crippen molar-refractivity contribution in [1.82, 2.24) is 0 Å². The molecule has 0 amide bonds. The van der Waals surface area contributed by atoms with E-state index in [1.165, 1.54) is 32.1 Å². The van der Waals surface area contributed by atoms with E-state index in [-0.39, 0.29) is 38.1 Å². The summed E-state index contributed by atoms with van der Waals surface area (Å²) in [5, 5.41) is 0. The molecule has 0 heterocycles. The van der Waals surface area contributed by atoms with Crippen LogP contribution in [-0.2, 0) is 21.7 Å². The first-order valence-electron chi connectivity index (χ1n) is 3.71. The van der Waals surface area contributed by atoms with Crippen molar-refractivity contribution in [1.29, 1.82) is 0 Å². The van der Waals surface area contributed by atoms with Gasteiger partial charge in [0.15, 0.2) is 0 Å². The maximum Gasteiger partial charge on any atom is 4.00 e. The standard InChI is InChI=1S/C8H17.3H2O.Ti/c1-3-5-7-8-6-4-2;;;;/h1,3-8H2,2H3;3*1H2;/q-1;;;;+4/p-3. The van der Waals surface area contributed by atoms with Crippen LogP contribution in [0.3, 0.4) is 0 Å². The Morgan fingerprint density at radius 1 is 0.833 bits per heavy atom. The molecule has 0 aliphatic carbocycles. The fourth-order valence-electron chi connectivity index (χ4n) is 0.780. The summed E-state index contributed by atoms with van der Waals surface area (Å²) >= 11 is 0. The minimum absolute atomic E-state index is 0. The second-order valence-corrected chi connectivity index (χ2v) is 2.27. The molecule has 0 aromatic heterocycles. The second kappa shape index (κ2) is 29.9. The van der Waals surface area contributed by atoms with E-state index in [4.69, 9.17) is 0 Å². The normalized spacial score (nSPS) is 6.50. The fourth-order valence-corrected chi connectivity index (χ4v) is 0.780. The summed E-state index contributed by atoms with van der Waals surface area (Å²) in [7, 11) is 0. The summed E-state index contributed by atoms with van der Waals surface area (Å²) in [5.41, 5.74) is 0. The zero-order valence-electron chi connectivity index (χ0n) is 7.79. The molecule has 0 fully saturated rings. The predicted octanol–water partition coefficient (Wildman–Crippen LogP) is 2.65. The molecule has 0 spiro atoms. The molecular weight excluding hydrogens is 192 g/mol. The van der Waals surface area contributed by atoms with Gasteiger partial charge in [0.25, 0.3) is 0 Å². The van der Waals surface area contributed by atoms with Crippen LogP contribution in [0.4, 0.5) is 0 Å². The van der Waals surface area contributed by atoms with Gasteiger partial charge in [-0.15, -0.1) is 0 Å². The molecule has 3 nitrogen and oxygen atoms in total. The molecule has 4 heteroatoms. The van der Waals surface area contributed by atoms with Gasteiger partial charge in [-0.25, -0.2) is 0 Å². The number of rotatable bonds is 5. The van der Waals surface area contributed by atoms with Crippen LogP contribution in [-0.4, -0.2) is 16.4 Å². The van der Waals surface area contributed by atoms with Crippen molar-refractivity contribution in [3.63, 3.8) is 0 Å². The smallest absolute Gasteiger partial charge is 0.870 e. The molecule has 12 heavy (non-hydrogen) atoms. The van der Waals surface area contributed by atoms with E-state index < -0.39 is 0 Å². The molecule has 0 aliphatic heterocycles. The molecule has 0 rings (SSSR count). The second-order valence-electron chi connectivity index (χ2n) is 2.27. The van der Waals surface area contributed by atoms with Crippen LogP contribution in [0.1, 0.15) is 45.4 Å². The summed E-state index contributed by atoms with van der Waals surface area (Å²) in [6, 6.07) is 0. The first kappa shape index (κ1) is 29.4. The van der Waals surface area contributed by atoms with Gasteiger partial charge >= 0.3 is 21.7 Å². The van der Waals surface area contributed by atoms with Crippen LogP contribution in [0.5, 0.6) is 0 Å². The third-order valence-corrected chi connectivity index (χ3v) is 1.35. The van der Waals surface area contributed by atoms with Crippen molar-refractivity contribution < 1.29 is 38.1 Å². The number of unbranched alkanes of at least 4 members (excludes halogenated alkanes) is 5. The summed E-state index contributed by atoms with van der Waals surface area (Å²) in [6.45, 7) is 6.02. The summed E-state index contributed by atoms with van der Waals surface area (Å²) in [5.74, 6) is 0. The number of hydrogen-bond donors (Lipinski definition) is 0. The molecule has 74 valence electrons. The molecule has 0 atom stereocenters. The Labute approximate surface area is 90.7 Å². The van der Waals surface area contributed by atoms with Crippen LogP contribution < -0.4 is 0 Å². The minimum Gasteiger partial charge on any atom is -0.870 e. The molecule has 0 aromatic carbocycles. The van der Waals surface area contributed by atoms with Crippen LogP contribution >= 0.6 is 0 Å².